The Morgan fingerprint density at radius 3 is 2.26 bits per heavy atom. The van der Waals surface area contributed by atoms with Crippen molar-refractivity contribution in [3.63, 3.8) is 0 Å². The molecule has 4 aromatic rings. The van der Waals surface area contributed by atoms with Crippen molar-refractivity contribution in [2.24, 2.45) is 0 Å². The summed E-state index contributed by atoms with van der Waals surface area (Å²) in [4.78, 5) is 40.9. The molecule has 1 aliphatic rings. The smallest absolute Gasteiger partial charge is 0.335 e. The number of anilines is 1. The van der Waals surface area contributed by atoms with E-state index in [1.165, 1.54) is 25.3 Å². The van der Waals surface area contributed by atoms with Gasteiger partial charge in [-0.2, -0.15) is 0 Å². The highest BCUT2D eigenvalue weighted by Crippen LogP contribution is 2.36. The van der Waals surface area contributed by atoms with Gasteiger partial charge in [-0.3, -0.25) is 14.5 Å². The van der Waals surface area contributed by atoms with E-state index in [4.69, 9.17) is 18.3 Å². The maximum Gasteiger partial charge on any atom is 0.335 e. The zero-order chi connectivity index (χ0) is 30.5. The molecule has 1 atom stereocenters. The number of aromatic hydroxyl groups is 1. The molecule has 2 aromatic carbocycles. The fraction of sp³-hybridized carbons (Fsp3) is 0.281. The number of esters is 1. The van der Waals surface area contributed by atoms with E-state index in [1.807, 2.05) is 24.3 Å². The Labute approximate surface area is 247 Å². The van der Waals surface area contributed by atoms with Crippen molar-refractivity contribution in [1.82, 2.24) is 4.90 Å². The average molecular weight is 589 g/mol. The molecule has 11 nitrogen and oxygen atoms in total. The maximum atomic E-state index is 12.9. The van der Waals surface area contributed by atoms with Gasteiger partial charge >= 0.3 is 11.9 Å². The number of carboxylic acids is 1. The Morgan fingerprint density at radius 1 is 0.930 bits per heavy atom. The summed E-state index contributed by atoms with van der Waals surface area (Å²) in [7, 11) is 2.88. The average Bonchev–Trinajstić information content (AvgIpc) is 3.52. The first-order valence-electron chi connectivity index (χ1n) is 13.7. The lowest BCUT2D eigenvalue weighted by molar-refractivity contribution is -0.141. The Balaban J connectivity index is 1.36. The van der Waals surface area contributed by atoms with Gasteiger partial charge in [-0.25, -0.2) is 4.79 Å². The molecule has 0 aliphatic carbocycles. The first-order valence-corrected chi connectivity index (χ1v) is 13.7. The third kappa shape index (κ3) is 6.73. The van der Waals surface area contributed by atoms with Crippen LogP contribution in [0.4, 0.5) is 5.69 Å². The second-order valence-electron chi connectivity index (χ2n) is 10.2. The van der Waals surface area contributed by atoms with Crippen molar-refractivity contribution in [2.45, 2.75) is 18.9 Å². The molecular weight excluding hydrogens is 556 g/mol. The van der Waals surface area contributed by atoms with Crippen LogP contribution in [-0.4, -0.2) is 67.5 Å². The van der Waals surface area contributed by atoms with Crippen molar-refractivity contribution in [3.8, 4) is 22.8 Å². The van der Waals surface area contributed by atoms with Crippen molar-refractivity contribution < 1.29 is 38.1 Å². The number of benzene rings is 2. The molecule has 0 radical (unpaired) electrons. The summed E-state index contributed by atoms with van der Waals surface area (Å²) in [5, 5.41) is 19.9. The third-order valence-electron chi connectivity index (χ3n) is 7.49. The standard InChI is InChI=1S/C32H32N2O9/c1-40-23-9-7-22(8-10-23)34-15-13-33(14-16-34)19-24-17-26(35)30(37)31(42-24)25(18-29(36)41-2)28-12-11-27(43-28)20-3-5-21(6-4-20)32(38)39/h3-12,17,25,37H,13-16,18-19H2,1-2H3,(H,38,39)/t25-/m0/s1. The minimum atomic E-state index is -1.05. The highest BCUT2D eigenvalue weighted by atomic mass is 16.5. The Bertz CT molecular complexity index is 1630. The lowest BCUT2D eigenvalue weighted by atomic mass is 9.98. The number of carbonyl (C=O) groups is 2. The summed E-state index contributed by atoms with van der Waals surface area (Å²) in [6.07, 6.45) is -0.248. The topological polar surface area (TPSA) is 143 Å². The number of methoxy groups -OCH3 is 2. The number of ether oxygens (including phenoxy) is 2. The second-order valence-corrected chi connectivity index (χ2v) is 10.2. The molecule has 1 saturated heterocycles. The Kier molecular flexibility index (Phi) is 8.82. The minimum Gasteiger partial charge on any atom is -0.502 e. The zero-order valence-corrected chi connectivity index (χ0v) is 23.8. The number of furan rings is 1. The summed E-state index contributed by atoms with van der Waals surface area (Å²) < 4.78 is 22.2. The van der Waals surface area contributed by atoms with E-state index in [0.29, 0.717) is 23.6 Å². The number of hydrogen-bond acceptors (Lipinski definition) is 10. The maximum absolute atomic E-state index is 12.9. The van der Waals surface area contributed by atoms with Crippen LogP contribution in [0.5, 0.6) is 11.5 Å². The first-order chi connectivity index (χ1) is 20.7. The van der Waals surface area contributed by atoms with Crippen LogP contribution in [-0.2, 0) is 16.1 Å². The molecule has 0 amide bonds. The fourth-order valence-corrected chi connectivity index (χ4v) is 5.09. The largest absolute Gasteiger partial charge is 0.502 e. The number of carboxylic acid groups (broad SMARTS) is 1. The van der Waals surface area contributed by atoms with Crippen LogP contribution >= 0.6 is 0 Å². The van der Waals surface area contributed by atoms with Crippen molar-refractivity contribution in [2.75, 3.05) is 45.3 Å². The first kappa shape index (κ1) is 29.5. The number of hydrogen-bond donors (Lipinski definition) is 2. The quantitative estimate of drug-likeness (QED) is 0.256. The molecule has 1 aliphatic heterocycles. The van der Waals surface area contributed by atoms with Crippen LogP contribution in [0.15, 0.2) is 80.4 Å². The molecule has 43 heavy (non-hydrogen) atoms. The monoisotopic (exact) mass is 588 g/mol. The normalized spacial score (nSPS) is 14.3. The molecule has 5 rings (SSSR count). The fourth-order valence-electron chi connectivity index (χ4n) is 5.09. The van der Waals surface area contributed by atoms with E-state index in [-0.39, 0.29) is 23.5 Å². The second kappa shape index (κ2) is 12.9. The summed E-state index contributed by atoms with van der Waals surface area (Å²) in [6, 6.07) is 18.6. The molecule has 3 heterocycles. The van der Waals surface area contributed by atoms with Gasteiger partial charge in [-0.15, -0.1) is 0 Å². The zero-order valence-electron chi connectivity index (χ0n) is 23.8. The van der Waals surface area contributed by atoms with Crippen LogP contribution in [0.3, 0.4) is 0 Å². The van der Waals surface area contributed by atoms with E-state index < -0.39 is 29.0 Å². The van der Waals surface area contributed by atoms with Gasteiger partial charge in [0, 0.05) is 43.5 Å². The van der Waals surface area contributed by atoms with Crippen molar-refractivity contribution in [3.05, 3.63) is 99.8 Å². The van der Waals surface area contributed by atoms with Crippen molar-refractivity contribution >= 4 is 17.6 Å². The SMILES string of the molecule is COC(=O)C[C@@H](c1ccc(-c2ccc(C(=O)O)cc2)o1)c1oc(CN2CCN(c3ccc(OC)cc3)CC2)cc(=O)c1O. The van der Waals surface area contributed by atoms with Gasteiger partial charge in [0.25, 0.3) is 0 Å². The third-order valence-corrected chi connectivity index (χ3v) is 7.49. The number of piperazine rings is 1. The molecule has 0 unspecified atom stereocenters. The van der Waals surface area contributed by atoms with Crippen LogP contribution in [0.25, 0.3) is 11.3 Å². The Morgan fingerprint density at radius 2 is 1.63 bits per heavy atom. The van der Waals surface area contributed by atoms with Gasteiger partial charge in [0.15, 0.2) is 5.76 Å². The molecular formula is C32H32N2O9. The summed E-state index contributed by atoms with van der Waals surface area (Å²) in [6.45, 7) is 3.33. The number of nitrogens with zero attached hydrogens (tertiary/aromatic N) is 2. The molecule has 2 N–H and O–H groups in total. The van der Waals surface area contributed by atoms with Crippen LogP contribution < -0.4 is 15.1 Å². The summed E-state index contributed by atoms with van der Waals surface area (Å²) in [5.41, 5.74) is 1.21. The predicted molar refractivity (Wildman–Crippen MR) is 157 cm³/mol. The van der Waals surface area contributed by atoms with E-state index in [0.717, 1.165) is 37.6 Å². The molecule has 224 valence electrons. The van der Waals surface area contributed by atoms with Crippen LogP contribution in [0.1, 0.15) is 40.0 Å². The van der Waals surface area contributed by atoms with E-state index in [2.05, 4.69) is 9.80 Å². The van der Waals surface area contributed by atoms with Gasteiger partial charge in [0.1, 0.15) is 23.0 Å². The predicted octanol–water partition coefficient (Wildman–Crippen LogP) is 4.33. The lowest BCUT2D eigenvalue weighted by Gasteiger charge is -2.35. The highest BCUT2D eigenvalue weighted by Gasteiger charge is 2.30. The molecule has 0 bridgehead atoms. The van der Waals surface area contributed by atoms with E-state index >= 15 is 0 Å². The summed E-state index contributed by atoms with van der Waals surface area (Å²) >= 11 is 0. The van der Waals surface area contributed by atoms with Gasteiger partial charge < -0.3 is 33.4 Å². The van der Waals surface area contributed by atoms with Crippen LogP contribution in [0.2, 0.25) is 0 Å². The lowest BCUT2D eigenvalue weighted by Crippen LogP contribution is -2.46. The highest BCUT2D eigenvalue weighted by molar-refractivity contribution is 5.88. The van der Waals surface area contributed by atoms with E-state index in [1.54, 1.807) is 31.4 Å². The number of rotatable bonds is 10. The van der Waals surface area contributed by atoms with Gasteiger partial charge in [-0.05, 0) is 48.5 Å². The number of aromatic carboxylic acids is 1. The summed E-state index contributed by atoms with van der Waals surface area (Å²) in [5.74, 6) is -1.45. The number of carbonyl (C=O) groups excluding carboxylic acids is 1. The molecule has 0 spiro atoms. The van der Waals surface area contributed by atoms with E-state index in [9.17, 15) is 24.6 Å². The molecule has 11 heteroatoms. The van der Waals surface area contributed by atoms with Gasteiger partial charge in [-0.1, -0.05) is 12.1 Å². The van der Waals surface area contributed by atoms with Crippen LogP contribution in [0, 0.1) is 0 Å². The molecule has 2 aromatic heterocycles. The minimum absolute atomic E-state index is 0.0908. The van der Waals surface area contributed by atoms with Gasteiger partial charge in [0.05, 0.1) is 38.7 Å². The molecule has 1 fully saturated rings. The van der Waals surface area contributed by atoms with Crippen molar-refractivity contribution in [1.29, 1.82) is 0 Å². The molecule has 0 saturated carbocycles. The van der Waals surface area contributed by atoms with Gasteiger partial charge in [0.2, 0.25) is 11.2 Å². The Hall–Kier alpha value is -5.03.